The van der Waals surface area contributed by atoms with Crippen LogP contribution in [0, 0.1) is 0 Å². The van der Waals surface area contributed by atoms with Gasteiger partial charge in [-0.3, -0.25) is 4.79 Å². The first kappa shape index (κ1) is 19.0. The second-order valence-electron chi connectivity index (χ2n) is 5.49. The van der Waals surface area contributed by atoms with Gasteiger partial charge in [0.15, 0.2) is 6.10 Å². The van der Waals surface area contributed by atoms with Gasteiger partial charge in [-0.25, -0.2) is 10.2 Å². The van der Waals surface area contributed by atoms with Gasteiger partial charge in [-0.05, 0) is 54.4 Å². The van der Waals surface area contributed by atoms with Gasteiger partial charge in [0.05, 0.1) is 19.7 Å². The number of nitrogens with one attached hydrogen (secondary N) is 1. The number of carboxylic acid groups (broad SMARTS) is 1. The van der Waals surface area contributed by atoms with Gasteiger partial charge < -0.3 is 14.6 Å². The van der Waals surface area contributed by atoms with E-state index in [4.69, 9.17) is 14.6 Å². The minimum Gasteiger partial charge on any atom is -0.497 e. The summed E-state index contributed by atoms with van der Waals surface area (Å²) in [5.74, 6) is -0.142. The van der Waals surface area contributed by atoms with E-state index in [2.05, 4.69) is 10.5 Å². The lowest BCUT2D eigenvalue weighted by molar-refractivity contribution is -0.144. The molecular weight excluding hydrogens is 336 g/mol. The molecule has 0 aromatic heterocycles. The van der Waals surface area contributed by atoms with Crippen LogP contribution in [0.2, 0.25) is 0 Å². The third kappa shape index (κ3) is 5.94. The minimum absolute atomic E-state index is 0.189. The highest BCUT2D eigenvalue weighted by Crippen LogP contribution is 2.14. The number of carbonyl (C=O) groups excluding carboxylic acids is 1. The highest BCUT2D eigenvalue weighted by molar-refractivity contribution is 5.83. The highest BCUT2D eigenvalue weighted by Gasteiger charge is 2.11. The molecule has 0 heterocycles. The Kier molecular flexibility index (Phi) is 6.73. The minimum atomic E-state index is -1.03. The van der Waals surface area contributed by atoms with Crippen LogP contribution in [0.1, 0.15) is 18.1 Å². The molecule has 0 saturated heterocycles. The van der Waals surface area contributed by atoms with E-state index in [9.17, 15) is 9.59 Å². The zero-order valence-corrected chi connectivity index (χ0v) is 14.5. The number of carbonyl (C=O) groups is 2. The molecule has 2 rings (SSSR count). The fraction of sp³-hybridized carbons (Fsp3) is 0.211. The number of rotatable bonds is 8. The van der Waals surface area contributed by atoms with E-state index < -0.39 is 12.1 Å². The molecule has 0 aliphatic rings. The number of hydrogen-bond acceptors (Lipinski definition) is 5. The smallest absolute Gasteiger partial charge is 0.344 e. The molecule has 2 aromatic carbocycles. The van der Waals surface area contributed by atoms with Gasteiger partial charge >= 0.3 is 5.97 Å². The van der Waals surface area contributed by atoms with Crippen LogP contribution in [0.15, 0.2) is 53.6 Å². The van der Waals surface area contributed by atoms with Gasteiger partial charge in [0.25, 0.3) is 0 Å². The van der Waals surface area contributed by atoms with E-state index >= 15 is 0 Å². The Bertz CT molecular complexity index is 787. The van der Waals surface area contributed by atoms with Crippen molar-refractivity contribution in [1.82, 2.24) is 5.43 Å². The van der Waals surface area contributed by atoms with Gasteiger partial charge in [-0.15, -0.1) is 0 Å². The Morgan fingerprint density at radius 2 is 1.92 bits per heavy atom. The van der Waals surface area contributed by atoms with Crippen LogP contribution in [0.4, 0.5) is 0 Å². The van der Waals surface area contributed by atoms with E-state index in [0.717, 1.165) is 11.1 Å². The van der Waals surface area contributed by atoms with Crippen LogP contribution in [0.25, 0.3) is 0 Å². The largest absolute Gasteiger partial charge is 0.497 e. The Morgan fingerprint density at radius 1 is 1.19 bits per heavy atom. The number of aliphatic carboxylic acids is 1. The average Bonchev–Trinajstić information content (AvgIpc) is 2.63. The van der Waals surface area contributed by atoms with Crippen molar-refractivity contribution in [3.8, 4) is 11.5 Å². The molecule has 26 heavy (non-hydrogen) atoms. The lowest BCUT2D eigenvalue weighted by Crippen LogP contribution is -2.22. The molecule has 1 atom stereocenters. The summed E-state index contributed by atoms with van der Waals surface area (Å²) in [5, 5.41) is 12.7. The van der Waals surface area contributed by atoms with Gasteiger partial charge in [-0.2, -0.15) is 5.10 Å². The molecule has 0 bridgehead atoms. The number of nitrogens with zero attached hydrogens (tertiary/aromatic N) is 1. The Hall–Kier alpha value is -3.35. The van der Waals surface area contributed by atoms with Crippen molar-refractivity contribution in [3.05, 3.63) is 59.7 Å². The summed E-state index contributed by atoms with van der Waals surface area (Å²) in [4.78, 5) is 22.6. The molecule has 2 aromatic rings. The summed E-state index contributed by atoms with van der Waals surface area (Å²) in [7, 11) is 1.57. The summed E-state index contributed by atoms with van der Waals surface area (Å²) in [6.07, 6.45) is 0.757. The average molecular weight is 356 g/mol. The highest BCUT2D eigenvalue weighted by atomic mass is 16.5. The van der Waals surface area contributed by atoms with Crippen LogP contribution in [-0.2, 0) is 16.0 Å². The first-order valence-corrected chi connectivity index (χ1v) is 7.92. The molecule has 7 nitrogen and oxygen atoms in total. The quantitative estimate of drug-likeness (QED) is 0.558. The Morgan fingerprint density at radius 3 is 2.58 bits per heavy atom. The lowest BCUT2D eigenvalue weighted by Gasteiger charge is -2.09. The van der Waals surface area contributed by atoms with E-state index in [0.29, 0.717) is 11.5 Å². The molecule has 0 unspecified atom stereocenters. The number of ether oxygens (including phenoxy) is 2. The first-order valence-electron chi connectivity index (χ1n) is 7.92. The molecule has 1 amide bonds. The SMILES string of the molecule is COc1cccc(CC(=O)N/N=C/c2ccc(O[C@@H](C)C(=O)O)cc2)c1. The fourth-order valence-corrected chi connectivity index (χ4v) is 2.07. The summed E-state index contributed by atoms with van der Waals surface area (Å²) < 4.78 is 10.4. The normalized spacial score (nSPS) is 11.8. The molecule has 0 saturated carbocycles. The number of methoxy groups -OCH3 is 1. The van der Waals surface area contributed by atoms with Crippen LogP contribution < -0.4 is 14.9 Å². The topological polar surface area (TPSA) is 97.2 Å². The molecule has 0 fully saturated rings. The molecule has 136 valence electrons. The van der Waals surface area contributed by atoms with Gasteiger partial charge in [0.2, 0.25) is 5.91 Å². The maximum Gasteiger partial charge on any atom is 0.344 e. The van der Waals surface area contributed by atoms with Crippen molar-refractivity contribution < 1.29 is 24.2 Å². The van der Waals surface area contributed by atoms with E-state index in [1.807, 2.05) is 18.2 Å². The molecular formula is C19H20N2O5. The predicted octanol–water partition coefficient (Wildman–Crippen LogP) is 2.24. The number of amides is 1. The summed E-state index contributed by atoms with van der Waals surface area (Å²) in [5.41, 5.74) is 4.02. The summed E-state index contributed by atoms with van der Waals surface area (Å²) in [6.45, 7) is 1.45. The van der Waals surface area contributed by atoms with Crippen molar-refractivity contribution in [2.75, 3.05) is 7.11 Å². The molecule has 0 aliphatic carbocycles. The van der Waals surface area contributed by atoms with Crippen molar-refractivity contribution in [1.29, 1.82) is 0 Å². The Balaban J connectivity index is 1.85. The molecule has 0 aliphatic heterocycles. The van der Waals surface area contributed by atoms with Gasteiger partial charge in [0.1, 0.15) is 11.5 Å². The maximum atomic E-state index is 11.9. The van der Waals surface area contributed by atoms with Gasteiger partial charge in [-0.1, -0.05) is 12.1 Å². The zero-order chi connectivity index (χ0) is 18.9. The zero-order valence-electron chi connectivity index (χ0n) is 14.5. The second kappa shape index (κ2) is 9.22. The number of hydrazone groups is 1. The number of benzene rings is 2. The second-order valence-corrected chi connectivity index (χ2v) is 5.49. The third-order valence-corrected chi connectivity index (χ3v) is 3.44. The Labute approximate surface area is 151 Å². The molecule has 2 N–H and O–H groups in total. The fourth-order valence-electron chi connectivity index (χ4n) is 2.07. The standard InChI is InChI=1S/C19H20N2O5/c1-13(19(23)24)26-16-8-6-14(7-9-16)12-20-21-18(22)11-15-4-3-5-17(10-15)25-2/h3-10,12-13H,11H2,1-2H3,(H,21,22)(H,23,24)/b20-12+/t13-/m0/s1. The predicted molar refractivity (Wildman–Crippen MR) is 96.6 cm³/mol. The van der Waals surface area contributed by atoms with Gasteiger partial charge in [0, 0.05) is 0 Å². The van der Waals surface area contributed by atoms with Crippen molar-refractivity contribution in [3.63, 3.8) is 0 Å². The van der Waals surface area contributed by atoms with Crippen LogP contribution in [-0.4, -0.2) is 36.4 Å². The van der Waals surface area contributed by atoms with E-state index in [1.165, 1.54) is 13.1 Å². The number of hydrogen-bond donors (Lipinski definition) is 2. The third-order valence-electron chi connectivity index (χ3n) is 3.44. The molecule has 0 spiro atoms. The van der Waals surface area contributed by atoms with E-state index in [-0.39, 0.29) is 12.3 Å². The number of carboxylic acids is 1. The lowest BCUT2D eigenvalue weighted by atomic mass is 10.1. The first-order chi connectivity index (χ1) is 12.5. The maximum absolute atomic E-state index is 11.9. The monoisotopic (exact) mass is 356 g/mol. The van der Waals surface area contributed by atoms with Crippen molar-refractivity contribution in [2.45, 2.75) is 19.4 Å². The molecule has 7 heteroatoms. The van der Waals surface area contributed by atoms with Crippen molar-refractivity contribution in [2.24, 2.45) is 5.10 Å². The van der Waals surface area contributed by atoms with Crippen LogP contribution >= 0.6 is 0 Å². The summed E-state index contributed by atoms with van der Waals surface area (Å²) >= 11 is 0. The summed E-state index contributed by atoms with van der Waals surface area (Å²) in [6, 6.07) is 14.0. The van der Waals surface area contributed by atoms with Crippen LogP contribution in [0.3, 0.4) is 0 Å². The van der Waals surface area contributed by atoms with E-state index in [1.54, 1.807) is 37.4 Å². The van der Waals surface area contributed by atoms with Crippen LogP contribution in [0.5, 0.6) is 11.5 Å². The van der Waals surface area contributed by atoms with Crippen molar-refractivity contribution >= 4 is 18.1 Å². The molecule has 0 radical (unpaired) electrons.